The van der Waals surface area contributed by atoms with Gasteiger partial charge >= 0.3 is 0 Å². The van der Waals surface area contributed by atoms with E-state index in [9.17, 15) is 4.79 Å². The van der Waals surface area contributed by atoms with Crippen LogP contribution in [0.15, 0.2) is 31.0 Å². The summed E-state index contributed by atoms with van der Waals surface area (Å²) in [5, 5.41) is 6.73. The molecular weight excluding hydrogens is 256 g/mol. The lowest BCUT2D eigenvalue weighted by Crippen LogP contribution is -2.35. The molecule has 0 aliphatic carbocycles. The fourth-order valence-electron chi connectivity index (χ4n) is 1.71. The molecule has 0 spiro atoms. The third kappa shape index (κ3) is 3.61. The minimum atomic E-state index is -0.482. The Hall–Kier alpha value is -2.28. The highest BCUT2D eigenvalue weighted by Crippen LogP contribution is 2.09. The standard InChI is InChI=1S/C13H18N6O/c1-2-3-4-11(14)13(20)18-10-5-6-12(16-7-10)19-9-15-8-17-19/h5-9,11H,2-4,14H2,1H3,(H,18,20). The Labute approximate surface area is 117 Å². The summed E-state index contributed by atoms with van der Waals surface area (Å²) < 4.78 is 1.54. The first kappa shape index (κ1) is 14.1. The zero-order valence-electron chi connectivity index (χ0n) is 11.4. The van der Waals surface area contributed by atoms with Crippen LogP contribution in [0.2, 0.25) is 0 Å². The van der Waals surface area contributed by atoms with Crippen LogP contribution in [0.4, 0.5) is 5.69 Å². The second-order valence-corrected chi connectivity index (χ2v) is 4.48. The fraction of sp³-hybridized carbons (Fsp3) is 0.385. The predicted octanol–water partition coefficient (Wildman–Crippen LogP) is 1.12. The monoisotopic (exact) mass is 274 g/mol. The second-order valence-electron chi connectivity index (χ2n) is 4.48. The van der Waals surface area contributed by atoms with Gasteiger partial charge in [0.1, 0.15) is 12.7 Å². The van der Waals surface area contributed by atoms with Crippen molar-refractivity contribution in [3.63, 3.8) is 0 Å². The Morgan fingerprint density at radius 3 is 2.95 bits per heavy atom. The highest BCUT2D eigenvalue weighted by atomic mass is 16.2. The van der Waals surface area contributed by atoms with Crippen molar-refractivity contribution in [3.8, 4) is 5.82 Å². The Bertz CT molecular complexity index is 536. The Morgan fingerprint density at radius 1 is 1.50 bits per heavy atom. The van der Waals surface area contributed by atoms with Gasteiger partial charge in [-0.15, -0.1) is 0 Å². The third-order valence-corrected chi connectivity index (χ3v) is 2.87. The topological polar surface area (TPSA) is 98.7 Å². The van der Waals surface area contributed by atoms with Crippen molar-refractivity contribution in [2.24, 2.45) is 5.73 Å². The molecule has 0 aliphatic heterocycles. The summed E-state index contributed by atoms with van der Waals surface area (Å²) in [5.41, 5.74) is 6.42. The molecule has 2 rings (SSSR count). The molecule has 2 aromatic rings. The summed E-state index contributed by atoms with van der Waals surface area (Å²) >= 11 is 0. The molecule has 0 bridgehead atoms. The van der Waals surface area contributed by atoms with Gasteiger partial charge in [0.15, 0.2) is 5.82 Å². The van der Waals surface area contributed by atoms with Gasteiger partial charge in [0.05, 0.1) is 17.9 Å². The van der Waals surface area contributed by atoms with Gasteiger partial charge in [-0.1, -0.05) is 19.8 Å². The molecule has 0 aromatic carbocycles. The number of amides is 1. The molecule has 0 radical (unpaired) electrons. The molecule has 0 aliphatic rings. The number of rotatable bonds is 6. The van der Waals surface area contributed by atoms with E-state index in [1.807, 2.05) is 0 Å². The van der Waals surface area contributed by atoms with Crippen LogP contribution in [0.25, 0.3) is 5.82 Å². The molecule has 1 atom stereocenters. The molecular formula is C13H18N6O. The molecule has 3 N–H and O–H groups in total. The molecule has 2 heterocycles. The molecule has 106 valence electrons. The first-order chi connectivity index (χ1) is 9.70. The average Bonchev–Trinajstić information content (AvgIpc) is 2.99. The van der Waals surface area contributed by atoms with Gasteiger partial charge < -0.3 is 11.1 Å². The number of pyridine rings is 1. The zero-order chi connectivity index (χ0) is 14.4. The van der Waals surface area contributed by atoms with E-state index in [0.29, 0.717) is 17.9 Å². The van der Waals surface area contributed by atoms with Gasteiger partial charge in [-0.05, 0) is 18.6 Å². The predicted molar refractivity (Wildman–Crippen MR) is 75.3 cm³/mol. The molecule has 7 nitrogen and oxygen atoms in total. The molecule has 2 aromatic heterocycles. The number of nitrogens with two attached hydrogens (primary N) is 1. The van der Waals surface area contributed by atoms with E-state index < -0.39 is 6.04 Å². The van der Waals surface area contributed by atoms with Crippen LogP contribution in [0.1, 0.15) is 26.2 Å². The maximum atomic E-state index is 11.8. The molecule has 1 amide bonds. The lowest BCUT2D eigenvalue weighted by Gasteiger charge is -2.11. The van der Waals surface area contributed by atoms with Crippen LogP contribution in [0.5, 0.6) is 0 Å². The molecule has 0 fully saturated rings. The zero-order valence-corrected chi connectivity index (χ0v) is 11.4. The van der Waals surface area contributed by atoms with Gasteiger partial charge in [0.2, 0.25) is 5.91 Å². The number of unbranched alkanes of at least 4 members (excludes halogenated alkanes) is 1. The summed E-state index contributed by atoms with van der Waals surface area (Å²) in [6.07, 6.45) is 7.22. The summed E-state index contributed by atoms with van der Waals surface area (Å²) in [6, 6.07) is 3.03. The van der Waals surface area contributed by atoms with E-state index in [1.54, 1.807) is 29.3 Å². The first-order valence-corrected chi connectivity index (χ1v) is 6.58. The number of hydrogen-bond acceptors (Lipinski definition) is 5. The van der Waals surface area contributed by atoms with Crippen molar-refractivity contribution < 1.29 is 4.79 Å². The lowest BCUT2D eigenvalue weighted by atomic mass is 10.1. The average molecular weight is 274 g/mol. The van der Waals surface area contributed by atoms with Gasteiger partial charge in [0.25, 0.3) is 0 Å². The van der Waals surface area contributed by atoms with E-state index in [4.69, 9.17) is 5.73 Å². The number of nitrogens with one attached hydrogen (secondary N) is 1. The van der Waals surface area contributed by atoms with Crippen LogP contribution in [0.3, 0.4) is 0 Å². The van der Waals surface area contributed by atoms with Crippen molar-refractivity contribution in [2.45, 2.75) is 32.2 Å². The van der Waals surface area contributed by atoms with Crippen molar-refractivity contribution >= 4 is 11.6 Å². The van der Waals surface area contributed by atoms with Gasteiger partial charge in [-0.3, -0.25) is 4.79 Å². The molecule has 0 saturated heterocycles. The second kappa shape index (κ2) is 6.76. The number of anilines is 1. The number of hydrogen-bond donors (Lipinski definition) is 2. The smallest absolute Gasteiger partial charge is 0.241 e. The summed E-state index contributed by atoms with van der Waals surface area (Å²) in [7, 11) is 0. The summed E-state index contributed by atoms with van der Waals surface area (Å²) in [6.45, 7) is 2.07. The highest BCUT2D eigenvalue weighted by molar-refractivity contribution is 5.94. The SMILES string of the molecule is CCCCC(N)C(=O)Nc1ccc(-n2cncn2)nc1. The van der Waals surface area contributed by atoms with Gasteiger partial charge in [-0.25, -0.2) is 14.6 Å². The molecule has 20 heavy (non-hydrogen) atoms. The maximum Gasteiger partial charge on any atom is 0.241 e. The number of carbonyl (C=O) groups is 1. The lowest BCUT2D eigenvalue weighted by molar-refractivity contribution is -0.117. The first-order valence-electron chi connectivity index (χ1n) is 6.58. The Balaban J connectivity index is 1.95. The molecule has 1 unspecified atom stereocenters. The number of carbonyl (C=O) groups excluding carboxylic acids is 1. The van der Waals surface area contributed by atoms with Crippen molar-refractivity contribution in [2.75, 3.05) is 5.32 Å². The maximum absolute atomic E-state index is 11.8. The Kier molecular flexibility index (Phi) is 4.78. The number of aromatic nitrogens is 4. The highest BCUT2D eigenvalue weighted by Gasteiger charge is 2.12. The van der Waals surface area contributed by atoms with Crippen LogP contribution in [-0.2, 0) is 4.79 Å². The van der Waals surface area contributed by atoms with Gasteiger partial charge in [0, 0.05) is 0 Å². The largest absolute Gasteiger partial charge is 0.323 e. The minimum Gasteiger partial charge on any atom is -0.323 e. The third-order valence-electron chi connectivity index (χ3n) is 2.87. The van der Waals surface area contributed by atoms with E-state index in [0.717, 1.165) is 12.8 Å². The van der Waals surface area contributed by atoms with Crippen LogP contribution < -0.4 is 11.1 Å². The van der Waals surface area contributed by atoms with Crippen LogP contribution in [0, 0.1) is 0 Å². The van der Waals surface area contributed by atoms with Crippen molar-refractivity contribution in [1.29, 1.82) is 0 Å². The normalized spacial score (nSPS) is 12.1. The molecule has 7 heteroatoms. The van der Waals surface area contributed by atoms with Gasteiger partial charge in [-0.2, -0.15) is 5.10 Å². The van der Waals surface area contributed by atoms with Crippen LogP contribution >= 0.6 is 0 Å². The fourth-order valence-corrected chi connectivity index (χ4v) is 1.71. The van der Waals surface area contributed by atoms with E-state index in [2.05, 4.69) is 27.3 Å². The number of nitrogens with zero attached hydrogens (tertiary/aromatic N) is 4. The summed E-state index contributed by atoms with van der Waals surface area (Å²) in [5.74, 6) is 0.449. The minimum absolute atomic E-state index is 0.186. The van der Waals surface area contributed by atoms with Crippen LogP contribution in [-0.4, -0.2) is 31.7 Å². The quantitative estimate of drug-likeness (QED) is 0.822. The molecule has 0 saturated carbocycles. The summed E-state index contributed by atoms with van der Waals surface area (Å²) in [4.78, 5) is 19.9. The van der Waals surface area contributed by atoms with Crippen molar-refractivity contribution in [3.05, 3.63) is 31.0 Å². The van der Waals surface area contributed by atoms with Crippen molar-refractivity contribution in [1.82, 2.24) is 19.7 Å². The Morgan fingerprint density at radius 2 is 2.35 bits per heavy atom. The van der Waals surface area contributed by atoms with E-state index >= 15 is 0 Å². The van der Waals surface area contributed by atoms with E-state index in [-0.39, 0.29) is 5.91 Å². The van der Waals surface area contributed by atoms with E-state index in [1.165, 1.54) is 6.33 Å².